The summed E-state index contributed by atoms with van der Waals surface area (Å²) in [4.78, 5) is 15.0. The second-order valence-electron chi connectivity index (χ2n) is 8.53. The van der Waals surface area contributed by atoms with Crippen molar-refractivity contribution in [3.05, 3.63) is 89.5 Å². The minimum atomic E-state index is -0.283. The van der Waals surface area contributed by atoms with Crippen molar-refractivity contribution in [3.8, 4) is 0 Å². The smallest absolute Gasteiger partial charge is 0.322 e. The lowest BCUT2D eigenvalue weighted by Gasteiger charge is -2.37. The lowest BCUT2D eigenvalue weighted by atomic mass is 9.87. The fourth-order valence-corrected chi connectivity index (χ4v) is 3.85. The van der Waals surface area contributed by atoms with Gasteiger partial charge in [-0.3, -0.25) is 0 Å². The van der Waals surface area contributed by atoms with Crippen molar-refractivity contribution in [2.75, 3.05) is 11.9 Å². The first-order valence-electron chi connectivity index (χ1n) is 9.91. The zero-order chi connectivity index (χ0) is 20.6. The monoisotopic (exact) mass is 391 g/mol. The standard InChI is InChI=1S/C24H26FN3O/c1-24(2,3)18-8-12-20(13-9-18)26-23(29)28-16-15-27-14-4-5-21(27)22(28)17-6-10-19(25)11-7-17/h4-14,22H,15-16H2,1-3H3,(H,26,29). The van der Waals surface area contributed by atoms with Gasteiger partial charge >= 0.3 is 6.03 Å². The molecule has 1 N–H and O–H groups in total. The molecule has 150 valence electrons. The normalized spacial score (nSPS) is 16.4. The molecule has 1 aliphatic rings. The van der Waals surface area contributed by atoms with E-state index in [-0.39, 0.29) is 23.3 Å². The van der Waals surface area contributed by atoms with Crippen LogP contribution in [0.1, 0.15) is 43.6 Å². The van der Waals surface area contributed by atoms with Gasteiger partial charge in [-0.1, -0.05) is 45.0 Å². The van der Waals surface area contributed by atoms with Gasteiger partial charge in [0.05, 0.1) is 6.04 Å². The highest BCUT2D eigenvalue weighted by Gasteiger charge is 2.32. The number of anilines is 1. The van der Waals surface area contributed by atoms with Crippen LogP contribution in [0.25, 0.3) is 0 Å². The van der Waals surface area contributed by atoms with Crippen molar-refractivity contribution in [2.24, 2.45) is 0 Å². The van der Waals surface area contributed by atoms with Gasteiger partial charge in [0.1, 0.15) is 5.82 Å². The summed E-state index contributed by atoms with van der Waals surface area (Å²) >= 11 is 0. The summed E-state index contributed by atoms with van der Waals surface area (Å²) in [5.74, 6) is -0.283. The van der Waals surface area contributed by atoms with E-state index in [0.717, 1.165) is 23.5 Å². The van der Waals surface area contributed by atoms with Crippen molar-refractivity contribution in [1.29, 1.82) is 0 Å². The molecule has 2 aromatic carbocycles. The molecule has 0 bridgehead atoms. The van der Waals surface area contributed by atoms with Gasteiger partial charge in [0, 0.05) is 30.7 Å². The number of nitrogens with one attached hydrogen (secondary N) is 1. The van der Waals surface area contributed by atoms with Gasteiger partial charge in [0.25, 0.3) is 0 Å². The van der Waals surface area contributed by atoms with Crippen molar-refractivity contribution >= 4 is 11.7 Å². The third-order valence-electron chi connectivity index (χ3n) is 5.49. The number of nitrogens with zero attached hydrogens (tertiary/aromatic N) is 2. The predicted octanol–water partition coefficient (Wildman–Crippen LogP) is 5.56. The zero-order valence-corrected chi connectivity index (χ0v) is 17.0. The first kappa shape index (κ1) is 19.2. The molecule has 0 fully saturated rings. The summed E-state index contributed by atoms with van der Waals surface area (Å²) in [5, 5.41) is 3.03. The van der Waals surface area contributed by atoms with Crippen LogP contribution in [0.4, 0.5) is 14.9 Å². The molecule has 5 heteroatoms. The molecule has 0 radical (unpaired) electrons. The van der Waals surface area contributed by atoms with Gasteiger partial charge in [-0.25, -0.2) is 9.18 Å². The molecule has 4 nitrogen and oxygen atoms in total. The summed E-state index contributed by atoms with van der Waals surface area (Å²) in [6.07, 6.45) is 2.02. The van der Waals surface area contributed by atoms with Crippen molar-refractivity contribution in [2.45, 2.75) is 38.8 Å². The number of fused-ring (bicyclic) bond motifs is 1. The van der Waals surface area contributed by atoms with E-state index in [9.17, 15) is 9.18 Å². The first-order chi connectivity index (χ1) is 13.8. The maximum atomic E-state index is 13.5. The second-order valence-corrected chi connectivity index (χ2v) is 8.53. The Labute approximate surface area is 171 Å². The number of hydrogen-bond acceptors (Lipinski definition) is 1. The van der Waals surface area contributed by atoms with Crippen LogP contribution in [-0.2, 0) is 12.0 Å². The molecule has 3 aromatic rings. The largest absolute Gasteiger partial charge is 0.348 e. The Balaban J connectivity index is 1.60. The van der Waals surface area contributed by atoms with Gasteiger partial charge in [0.2, 0.25) is 0 Å². The molecule has 0 aliphatic carbocycles. The highest BCUT2D eigenvalue weighted by atomic mass is 19.1. The van der Waals surface area contributed by atoms with E-state index in [1.807, 2.05) is 35.4 Å². The van der Waals surface area contributed by atoms with E-state index in [0.29, 0.717) is 6.54 Å². The molecule has 0 saturated carbocycles. The van der Waals surface area contributed by atoms with E-state index < -0.39 is 0 Å². The Morgan fingerprint density at radius 2 is 1.69 bits per heavy atom. The molecule has 4 rings (SSSR count). The number of halogens is 1. The van der Waals surface area contributed by atoms with Crippen molar-refractivity contribution in [3.63, 3.8) is 0 Å². The predicted molar refractivity (Wildman–Crippen MR) is 114 cm³/mol. The Morgan fingerprint density at radius 1 is 1.00 bits per heavy atom. The van der Waals surface area contributed by atoms with E-state index >= 15 is 0 Å². The van der Waals surface area contributed by atoms with Crippen LogP contribution in [0.3, 0.4) is 0 Å². The number of benzene rings is 2. The number of urea groups is 1. The van der Waals surface area contributed by atoms with Crippen LogP contribution in [0.15, 0.2) is 66.9 Å². The number of carbonyl (C=O) groups excluding carboxylic acids is 1. The van der Waals surface area contributed by atoms with E-state index in [2.05, 4.69) is 42.8 Å². The molecule has 0 spiro atoms. The maximum Gasteiger partial charge on any atom is 0.322 e. The molecular formula is C24H26FN3O. The Bertz CT molecular complexity index is 1000. The summed E-state index contributed by atoms with van der Waals surface area (Å²) in [6.45, 7) is 7.80. The minimum absolute atomic E-state index is 0.0640. The first-order valence-corrected chi connectivity index (χ1v) is 9.91. The molecule has 2 heterocycles. The summed E-state index contributed by atoms with van der Waals surface area (Å²) in [7, 11) is 0. The third-order valence-corrected chi connectivity index (χ3v) is 5.49. The molecule has 2 amide bonds. The summed E-state index contributed by atoms with van der Waals surface area (Å²) in [6, 6.07) is 18.0. The quantitative estimate of drug-likeness (QED) is 0.610. The maximum absolute atomic E-state index is 13.5. The number of amides is 2. The van der Waals surface area contributed by atoms with Gasteiger partial charge in [0.15, 0.2) is 0 Å². The fourth-order valence-electron chi connectivity index (χ4n) is 3.85. The molecule has 1 aliphatic heterocycles. The number of aromatic nitrogens is 1. The van der Waals surface area contributed by atoms with Crippen LogP contribution >= 0.6 is 0 Å². The Hall–Kier alpha value is -3.08. The zero-order valence-electron chi connectivity index (χ0n) is 17.0. The highest BCUT2D eigenvalue weighted by Crippen LogP contribution is 2.33. The lowest BCUT2D eigenvalue weighted by Crippen LogP contribution is -2.44. The Kier molecular flexibility index (Phi) is 4.91. The SMILES string of the molecule is CC(C)(C)c1ccc(NC(=O)N2CCn3cccc3C2c2ccc(F)cc2)cc1. The molecule has 1 atom stereocenters. The fraction of sp³-hybridized carbons (Fsp3) is 0.292. The van der Waals surface area contributed by atoms with Gasteiger partial charge in [-0.15, -0.1) is 0 Å². The van der Waals surface area contributed by atoms with Crippen LogP contribution < -0.4 is 5.32 Å². The summed E-state index contributed by atoms with van der Waals surface area (Å²) in [5.41, 5.74) is 3.97. The molecule has 1 aromatic heterocycles. The lowest BCUT2D eigenvalue weighted by molar-refractivity contribution is 0.182. The van der Waals surface area contributed by atoms with Gasteiger partial charge < -0.3 is 14.8 Å². The average molecular weight is 391 g/mol. The topological polar surface area (TPSA) is 37.3 Å². The molecular weight excluding hydrogens is 365 g/mol. The molecule has 0 saturated heterocycles. The average Bonchev–Trinajstić information content (AvgIpc) is 3.16. The third kappa shape index (κ3) is 3.90. The van der Waals surface area contributed by atoms with E-state index in [1.54, 1.807) is 12.1 Å². The van der Waals surface area contributed by atoms with Crippen LogP contribution in [0.5, 0.6) is 0 Å². The van der Waals surface area contributed by atoms with Crippen molar-refractivity contribution < 1.29 is 9.18 Å². The number of carbonyl (C=O) groups is 1. The van der Waals surface area contributed by atoms with Crippen LogP contribution in [0, 0.1) is 5.82 Å². The van der Waals surface area contributed by atoms with Gasteiger partial charge in [-0.2, -0.15) is 0 Å². The Morgan fingerprint density at radius 3 is 2.34 bits per heavy atom. The van der Waals surface area contributed by atoms with E-state index in [4.69, 9.17) is 0 Å². The summed E-state index contributed by atoms with van der Waals surface area (Å²) < 4.78 is 15.6. The molecule has 1 unspecified atom stereocenters. The van der Waals surface area contributed by atoms with Crippen LogP contribution in [-0.4, -0.2) is 22.0 Å². The van der Waals surface area contributed by atoms with Crippen molar-refractivity contribution in [1.82, 2.24) is 9.47 Å². The molecule has 29 heavy (non-hydrogen) atoms. The van der Waals surface area contributed by atoms with Crippen LogP contribution in [0.2, 0.25) is 0 Å². The van der Waals surface area contributed by atoms with Gasteiger partial charge in [-0.05, 0) is 52.9 Å². The highest BCUT2D eigenvalue weighted by molar-refractivity contribution is 5.90. The second kappa shape index (κ2) is 7.39. The number of rotatable bonds is 2. The minimum Gasteiger partial charge on any atom is -0.348 e. The number of hydrogen-bond donors (Lipinski definition) is 1. The van der Waals surface area contributed by atoms with E-state index in [1.165, 1.54) is 17.7 Å².